The van der Waals surface area contributed by atoms with Crippen LogP contribution in [0.1, 0.15) is 0 Å². The number of hydrogen-bond donors (Lipinski definition) is 1. The minimum Gasteiger partial charge on any atom is -0.453 e. The summed E-state index contributed by atoms with van der Waals surface area (Å²) in [6.45, 7) is 0.148. The van der Waals surface area contributed by atoms with E-state index in [1.807, 2.05) is 18.2 Å². The molecule has 2 rings (SSSR count). The highest BCUT2D eigenvalue weighted by molar-refractivity contribution is 7.53. The molecular formula is C15H17O5P. The van der Waals surface area contributed by atoms with E-state index in [4.69, 9.17) is 14.0 Å². The van der Waals surface area contributed by atoms with Gasteiger partial charge in [0.25, 0.3) is 0 Å². The van der Waals surface area contributed by atoms with Gasteiger partial charge in [-0.15, -0.1) is 0 Å². The van der Waals surface area contributed by atoms with Crippen molar-refractivity contribution in [2.75, 3.05) is 19.9 Å². The molecule has 0 aliphatic rings. The Labute approximate surface area is 123 Å². The van der Waals surface area contributed by atoms with Crippen molar-refractivity contribution in [2.24, 2.45) is 0 Å². The molecule has 0 fully saturated rings. The van der Waals surface area contributed by atoms with Crippen LogP contribution in [-0.2, 0) is 9.30 Å². The molecule has 0 aliphatic heterocycles. The van der Waals surface area contributed by atoms with Crippen LogP contribution in [0.5, 0.6) is 17.2 Å². The SMILES string of the molecule is COCCP(=O)(O)Oc1ccccc1Oc1ccccc1. The normalized spacial score (nSPS) is 13.4. The van der Waals surface area contributed by atoms with E-state index in [1.54, 1.807) is 36.4 Å². The van der Waals surface area contributed by atoms with Crippen molar-refractivity contribution < 1.29 is 23.5 Å². The van der Waals surface area contributed by atoms with Gasteiger partial charge < -0.3 is 18.9 Å². The maximum atomic E-state index is 11.9. The third-order valence-corrected chi connectivity index (χ3v) is 3.87. The van der Waals surface area contributed by atoms with Crippen molar-refractivity contribution >= 4 is 7.60 Å². The summed E-state index contributed by atoms with van der Waals surface area (Å²) >= 11 is 0. The van der Waals surface area contributed by atoms with E-state index in [0.717, 1.165) is 0 Å². The van der Waals surface area contributed by atoms with Crippen LogP contribution in [0.25, 0.3) is 0 Å². The van der Waals surface area contributed by atoms with E-state index in [-0.39, 0.29) is 18.5 Å². The quantitative estimate of drug-likeness (QED) is 0.790. The van der Waals surface area contributed by atoms with E-state index in [0.29, 0.717) is 11.5 Å². The number of benzene rings is 2. The lowest BCUT2D eigenvalue weighted by Gasteiger charge is -2.16. The van der Waals surface area contributed by atoms with Crippen molar-refractivity contribution in [1.82, 2.24) is 0 Å². The summed E-state index contributed by atoms with van der Waals surface area (Å²) in [5, 5.41) is 0. The molecule has 2 aromatic rings. The fourth-order valence-electron chi connectivity index (χ4n) is 1.63. The van der Waals surface area contributed by atoms with Crippen LogP contribution in [0.3, 0.4) is 0 Å². The fourth-order valence-corrected chi connectivity index (χ4v) is 2.59. The smallest absolute Gasteiger partial charge is 0.379 e. The molecule has 2 aromatic carbocycles. The van der Waals surface area contributed by atoms with Gasteiger partial charge in [-0.2, -0.15) is 0 Å². The summed E-state index contributed by atoms with van der Waals surface area (Å²) in [6, 6.07) is 15.9. The van der Waals surface area contributed by atoms with Crippen LogP contribution in [0.2, 0.25) is 0 Å². The highest BCUT2D eigenvalue weighted by Crippen LogP contribution is 2.45. The van der Waals surface area contributed by atoms with Gasteiger partial charge in [0.2, 0.25) is 0 Å². The van der Waals surface area contributed by atoms with Crippen LogP contribution < -0.4 is 9.26 Å². The van der Waals surface area contributed by atoms with Crippen molar-refractivity contribution in [1.29, 1.82) is 0 Å². The third-order valence-electron chi connectivity index (χ3n) is 2.64. The Balaban J connectivity index is 2.15. The molecular weight excluding hydrogens is 291 g/mol. The molecule has 1 unspecified atom stereocenters. The third kappa shape index (κ3) is 4.90. The van der Waals surface area contributed by atoms with Crippen molar-refractivity contribution in [3.05, 3.63) is 54.6 Å². The second-order valence-corrected chi connectivity index (χ2v) is 6.21. The van der Waals surface area contributed by atoms with Gasteiger partial charge in [-0.25, -0.2) is 4.57 Å². The Hall–Kier alpha value is -1.81. The minimum absolute atomic E-state index is 0.0802. The summed E-state index contributed by atoms with van der Waals surface area (Å²) in [6.07, 6.45) is -0.0802. The number of rotatable bonds is 7. The highest BCUT2D eigenvalue weighted by atomic mass is 31.2. The number of ether oxygens (including phenoxy) is 2. The van der Waals surface area contributed by atoms with Crippen LogP contribution in [0.4, 0.5) is 0 Å². The second-order valence-electron chi connectivity index (χ2n) is 4.31. The molecule has 5 nitrogen and oxygen atoms in total. The molecule has 0 bridgehead atoms. The summed E-state index contributed by atoms with van der Waals surface area (Å²) in [5.41, 5.74) is 0. The molecule has 0 aromatic heterocycles. The zero-order valence-corrected chi connectivity index (χ0v) is 12.5. The second kappa shape index (κ2) is 7.27. The molecule has 0 saturated heterocycles. The van der Waals surface area contributed by atoms with Gasteiger partial charge in [-0.1, -0.05) is 30.3 Å². The first kappa shape index (κ1) is 15.6. The van der Waals surface area contributed by atoms with Crippen molar-refractivity contribution in [3.8, 4) is 17.2 Å². The monoisotopic (exact) mass is 308 g/mol. The maximum Gasteiger partial charge on any atom is 0.379 e. The minimum atomic E-state index is -3.77. The first-order valence-electron chi connectivity index (χ1n) is 6.43. The maximum absolute atomic E-state index is 11.9. The lowest BCUT2D eigenvalue weighted by atomic mass is 10.3. The summed E-state index contributed by atoms with van der Waals surface area (Å²) in [5.74, 6) is 1.23. The van der Waals surface area contributed by atoms with Crippen LogP contribution in [0, 0.1) is 0 Å². The predicted octanol–water partition coefficient (Wildman–Crippen LogP) is 3.69. The van der Waals surface area contributed by atoms with Gasteiger partial charge in [0, 0.05) is 7.11 Å². The van der Waals surface area contributed by atoms with Gasteiger partial charge in [-0.3, -0.25) is 0 Å². The zero-order chi connectivity index (χ0) is 15.1. The molecule has 0 spiro atoms. The summed E-state index contributed by atoms with van der Waals surface area (Å²) in [4.78, 5) is 9.79. The van der Waals surface area contributed by atoms with Gasteiger partial charge in [0.05, 0.1) is 12.8 Å². The van der Waals surface area contributed by atoms with Gasteiger partial charge in [0.1, 0.15) is 5.75 Å². The molecule has 0 radical (unpaired) electrons. The van der Waals surface area contributed by atoms with Crippen LogP contribution in [0.15, 0.2) is 54.6 Å². The average Bonchev–Trinajstić information content (AvgIpc) is 2.48. The Morgan fingerprint density at radius 2 is 1.62 bits per heavy atom. The molecule has 1 N–H and O–H groups in total. The van der Waals surface area contributed by atoms with E-state index >= 15 is 0 Å². The van der Waals surface area contributed by atoms with Gasteiger partial charge in [-0.05, 0) is 24.3 Å². The number of hydrogen-bond acceptors (Lipinski definition) is 4. The van der Waals surface area contributed by atoms with Crippen molar-refractivity contribution in [2.45, 2.75) is 0 Å². The van der Waals surface area contributed by atoms with Crippen LogP contribution >= 0.6 is 7.60 Å². The molecule has 112 valence electrons. The molecule has 21 heavy (non-hydrogen) atoms. The molecule has 0 amide bonds. The number of methoxy groups -OCH3 is 1. The highest BCUT2D eigenvalue weighted by Gasteiger charge is 2.22. The van der Waals surface area contributed by atoms with Gasteiger partial charge >= 0.3 is 7.60 Å². The topological polar surface area (TPSA) is 65.0 Å². The van der Waals surface area contributed by atoms with Crippen molar-refractivity contribution in [3.63, 3.8) is 0 Å². The van der Waals surface area contributed by atoms with E-state index in [1.165, 1.54) is 7.11 Å². The Morgan fingerprint density at radius 1 is 1.00 bits per heavy atom. The fraction of sp³-hybridized carbons (Fsp3) is 0.200. The largest absolute Gasteiger partial charge is 0.453 e. The molecule has 0 aliphatic carbocycles. The Kier molecular flexibility index (Phi) is 5.39. The van der Waals surface area contributed by atoms with Gasteiger partial charge in [0.15, 0.2) is 11.5 Å². The first-order chi connectivity index (χ1) is 10.1. The van der Waals surface area contributed by atoms with E-state index < -0.39 is 7.60 Å². The Morgan fingerprint density at radius 3 is 2.29 bits per heavy atom. The molecule has 6 heteroatoms. The molecule has 1 atom stereocenters. The van der Waals surface area contributed by atoms with Crippen LogP contribution in [-0.4, -0.2) is 24.8 Å². The zero-order valence-electron chi connectivity index (χ0n) is 11.6. The Bertz CT molecular complexity index is 614. The average molecular weight is 308 g/mol. The summed E-state index contributed by atoms with van der Waals surface area (Å²) in [7, 11) is -2.30. The van der Waals surface area contributed by atoms with E-state index in [2.05, 4.69) is 0 Å². The van der Waals surface area contributed by atoms with E-state index in [9.17, 15) is 9.46 Å². The lowest BCUT2D eigenvalue weighted by Crippen LogP contribution is -2.03. The summed E-state index contributed by atoms with van der Waals surface area (Å²) < 4.78 is 27.6. The molecule has 0 saturated carbocycles. The standard InChI is InChI=1S/C15H17O5P/c1-18-11-12-21(16,17)20-15-10-6-5-9-14(15)19-13-7-3-2-4-8-13/h2-10H,11-12H2,1H3,(H,16,17). The number of para-hydroxylation sites is 3. The predicted molar refractivity (Wildman–Crippen MR) is 80.2 cm³/mol. The lowest BCUT2D eigenvalue weighted by molar-refractivity contribution is 0.211. The first-order valence-corrected chi connectivity index (χ1v) is 8.19. The molecule has 0 heterocycles.